The molecule has 1 aliphatic rings. The van der Waals surface area contributed by atoms with Gasteiger partial charge in [-0.05, 0) is 12.2 Å². The summed E-state index contributed by atoms with van der Waals surface area (Å²) in [7, 11) is 0. The number of alkyl halides is 1. The van der Waals surface area contributed by atoms with Gasteiger partial charge in [-0.2, -0.15) is 0 Å². The molecule has 0 spiro atoms. The van der Waals surface area contributed by atoms with Gasteiger partial charge in [0.15, 0.2) is 5.83 Å². The van der Waals surface area contributed by atoms with E-state index in [1.807, 2.05) is 0 Å². The van der Waals surface area contributed by atoms with Crippen molar-refractivity contribution in [1.82, 2.24) is 0 Å². The Labute approximate surface area is 66.5 Å². The van der Waals surface area contributed by atoms with E-state index in [-0.39, 0.29) is 0 Å². The van der Waals surface area contributed by atoms with Crippen LogP contribution in [0.2, 0.25) is 0 Å². The van der Waals surface area contributed by atoms with Crippen molar-refractivity contribution in [3.8, 4) is 0 Å². The molecule has 2 atom stereocenters. The molecule has 0 bridgehead atoms. The largest absolute Gasteiger partial charge is 0.313 e. The Kier molecular flexibility index (Phi) is 1.93. The van der Waals surface area contributed by atoms with Crippen molar-refractivity contribution in [3.63, 3.8) is 0 Å². The molecular formula is C6H6F2N2O2. The van der Waals surface area contributed by atoms with E-state index in [2.05, 4.69) is 0 Å². The Balaban J connectivity index is 3.03. The van der Waals surface area contributed by atoms with Gasteiger partial charge in [-0.25, -0.2) is 8.78 Å². The fourth-order valence-corrected chi connectivity index (χ4v) is 0.943. The Bertz CT molecular complexity index is 273. The van der Waals surface area contributed by atoms with E-state index in [1.54, 1.807) is 0 Å². The molecule has 0 fully saturated rings. The van der Waals surface area contributed by atoms with Crippen LogP contribution in [-0.4, -0.2) is 16.8 Å². The van der Waals surface area contributed by atoms with Crippen LogP contribution < -0.4 is 5.73 Å². The molecule has 0 saturated heterocycles. The average molecular weight is 176 g/mol. The minimum Gasteiger partial charge on any atom is -0.289 e. The zero-order valence-electron chi connectivity index (χ0n) is 5.91. The van der Waals surface area contributed by atoms with Crippen molar-refractivity contribution in [2.45, 2.75) is 11.8 Å². The number of rotatable bonds is 1. The van der Waals surface area contributed by atoms with E-state index >= 15 is 0 Å². The number of allylic oxidation sites excluding steroid dienone is 2. The average Bonchev–Trinajstić information content (AvgIpc) is 1.82. The molecule has 0 aromatic heterocycles. The van der Waals surface area contributed by atoms with Crippen molar-refractivity contribution in [2.24, 2.45) is 5.73 Å². The molecule has 0 radical (unpaired) electrons. The van der Waals surface area contributed by atoms with Crippen LogP contribution in [0.15, 0.2) is 24.1 Å². The van der Waals surface area contributed by atoms with E-state index in [1.165, 1.54) is 0 Å². The second-order valence-corrected chi connectivity index (χ2v) is 2.43. The number of nitro groups is 1. The van der Waals surface area contributed by atoms with E-state index in [4.69, 9.17) is 5.73 Å². The molecule has 0 aromatic rings. The zero-order chi connectivity index (χ0) is 9.35. The first-order chi connectivity index (χ1) is 5.45. The normalized spacial score (nSPS) is 34.6. The van der Waals surface area contributed by atoms with Gasteiger partial charge in [0.25, 0.3) is 5.79 Å². The maximum absolute atomic E-state index is 13.0. The number of nitrogens with two attached hydrogens (primary N) is 1. The van der Waals surface area contributed by atoms with E-state index < -0.39 is 22.6 Å². The SMILES string of the molecule is NC1(F)C=CC=C(F)C1[N+](=O)[O-]. The fraction of sp³-hybridized carbons (Fsp3) is 0.333. The molecule has 0 heterocycles. The van der Waals surface area contributed by atoms with Crippen molar-refractivity contribution < 1.29 is 13.7 Å². The van der Waals surface area contributed by atoms with Gasteiger partial charge >= 0.3 is 6.04 Å². The number of nitrogens with zero attached hydrogens (tertiary/aromatic N) is 1. The van der Waals surface area contributed by atoms with Gasteiger partial charge in [0.05, 0.1) is 0 Å². The lowest BCUT2D eigenvalue weighted by Crippen LogP contribution is -2.50. The van der Waals surface area contributed by atoms with Gasteiger partial charge in [0.2, 0.25) is 0 Å². The van der Waals surface area contributed by atoms with Crippen LogP contribution in [0, 0.1) is 10.1 Å². The third kappa shape index (κ3) is 1.33. The molecule has 4 nitrogen and oxygen atoms in total. The highest BCUT2D eigenvalue weighted by atomic mass is 19.2. The minimum atomic E-state index is -2.73. The zero-order valence-corrected chi connectivity index (χ0v) is 5.91. The minimum absolute atomic E-state index is 0.754. The Morgan fingerprint density at radius 1 is 1.75 bits per heavy atom. The molecular weight excluding hydrogens is 170 g/mol. The van der Waals surface area contributed by atoms with Crippen LogP contribution >= 0.6 is 0 Å². The third-order valence-corrected chi connectivity index (χ3v) is 1.50. The summed E-state index contributed by atoms with van der Waals surface area (Å²) in [4.78, 5) is 9.06. The predicted molar refractivity (Wildman–Crippen MR) is 37.1 cm³/mol. The summed E-state index contributed by atoms with van der Waals surface area (Å²) in [5.74, 6) is -3.91. The highest BCUT2D eigenvalue weighted by Gasteiger charge is 2.47. The molecule has 2 N–H and O–H groups in total. The number of hydrogen-bond donors (Lipinski definition) is 1. The van der Waals surface area contributed by atoms with Gasteiger partial charge in [-0.1, -0.05) is 6.08 Å². The summed E-state index contributed by atoms with van der Waals surface area (Å²) in [6.07, 6.45) is 2.58. The first kappa shape index (κ1) is 8.79. The van der Waals surface area contributed by atoms with Crippen LogP contribution in [0.4, 0.5) is 8.78 Å². The summed E-state index contributed by atoms with van der Waals surface area (Å²) in [5.41, 5.74) is 4.84. The Morgan fingerprint density at radius 3 is 2.67 bits per heavy atom. The monoisotopic (exact) mass is 176 g/mol. The lowest BCUT2D eigenvalue weighted by molar-refractivity contribution is -0.530. The van der Waals surface area contributed by atoms with Gasteiger partial charge < -0.3 is 0 Å². The van der Waals surface area contributed by atoms with Crippen molar-refractivity contribution in [3.05, 3.63) is 34.2 Å². The maximum atomic E-state index is 13.0. The molecule has 1 aliphatic carbocycles. The van der Waals surface area contributed by atoms with Crippen LogP contribution in [-0.2, 0) is 0 Å². The van der Waals surface area contributed by atoms with E-state index in [9.17, 15) is 18.9 Å². The smallest absolute Gasteiger partial charge is 0.289 e. The van der Waals surface area contributed by atoms with Gasteiger partial charge in [0, 0.05) is 4.92 Å². The Hall–Kier alpha value is -1.30. The summed E-state index contributed by atoms with van der Waals surface area (Å²) in [6, 6.07) is -2.12. The highest BCUT2D eigenvalue weighted by Crippen LogP contribution is 2.25. The first-order valence-electron chi connectivity index (χ1n) is 3.11. The summed E-state index contributed by atoms with van der Waals surface area (Å²) in [6.45, 7) is 0. The van der Waals surface area contributed by atoms with Crippen LogP contribution in [0.25, 0.3) is 0 Å². The lowest BCUT2D eigenvalue weighted by atomic mass is 10.0. The first-order valence-corrected chi connectivity index (χ1v) is 3.11. The molecule has 2 unspecified atom stereocenters. The van der Waals surface area contributed by atoms with Crippen molar-refractivity contribution in [2.75, 3.05) is 0 Å². The predicted octanol–water partition coefficient (Wildman–Crippen LogP) is 0.679. The van der Waals surface area contributed by atoms with Crippen LogP contribution in [0.1, 0.15) is 0 Å². The van der Waals surface area contributed by atoms with E-state index in [0.717, 1.165) is 18.2 Å². The summed E-state index contributed by atoms with van der Waals surface area (Å²) >= 11 is 0. The van der Waals surface area contributed by atoms with Gasteiger partial charge in [0.1, 0.15) is 0 Å². The quantitative estimate of drug-likeness (QED) is 0.363. The molecule has 0 amide bonds. The Morgan fingerprint density at radius 2 is 2.33 bits per heavy atom. The standard InChI is InChI=1S/C6H6F2N2O2/c7-4-2-1-3-6(8,9)5(4)10(11)12/h1-3,5H,9H2. The van der Waals surface area contributed by atoms with Crippen LogP contribution in [0.5, 0.6) is 0 Å². The van der Waals surface area contributed by atoms with Gasteiger partial charge in [-0.15, -0.1) is 0 Å². The molecule has 12 heavy (non-hydrogen) atoms. The molecule has 6 heteroatoms. The molecule has 0 aromatic carbocycles. The molecule has 0 aliphatic heterocycles. The highest BCUT2D eigenvalue weighted by molar-refractivity contribution is 5.25. The van der Waals surface area contributed by atoms with Crippen molar-refractivity contribution >= 4 is 0 Å². The second kappa shape index (κ2) is 2.63. The maximum Gasteiger partial charge on any atom is 0.313 e. The van der Waals surface area contributed by atoms with Gasteiger partial charge in [-0.3, -0.25) is 15.8 Å². The van der Waals surface area contributed by atoms with Crippen LogP contribution in [0.3, 0.4) is 0 Å². The molecule has 0 saturated carbocycles. The van der Waals surface area contributed by atoms with Crippen molar-refractivity contribution in [1.29, 1.82) is 0 Å². The topological polar surface area (TPSA) is 69.2 Å². The lowest BCUT2D eigenvalue weighted by Gasteiger charge is -2.21. The number of hydrogen-bond acceptors (Lipinski definition) is 3. The summed E-state index contributed by atoms with van der Waals surface area (Å²) < 4.78 is 25.6. The second-order valence-electron chi connectivity index (χ2n) is 2.43. The fourth-order valence-electron chi connectivity index (χ4n) is 0.943. The third-order valence-electron chi connectivity index (χ3n) is 1.50. The molecule has 1 rings (SSSR count). The summed E-state index contributed by atoms with van der Waals surface area (Å²) in [5, 5.41) is 10.2. The molecule has 66 valence electrons. The number of halogens is 2. The van der Waals surface area contributed by atoms with E-state index in [0.29, 0.717) is 0 Å².